The summed E-state index contributed by atoms with van der Waals surface area (Å²) >= 11 is 3.54. The van der Waals surface area contributed by atoms with Gasteiger partial charge in [0.15, 0.2) is 5.78 Å². The third-order valence-electron chi connectivity index (χ3n) is 4.25. The SMILES string of the molecule is COc1ccc(Br)cc1[C@H](CC(=O)c1ccccc1)c1ccccc1. The first-order valence-electron chi connectivity index (χ1n) is 8.15. The number of Topliss-reactive ketones (excluding diaryl/α,β-unsaturated/α-hetero) is 1. The minimum absolute atomic E-state index is 0.0682. The third-order valence-corrected chi connectivity index (χ3v) is 4.75. The van der Waals surface area contributed by atoms with E-state index in [4.69, 9.17) is 4.74 Å². The first-order chi connectivity index (χ1) is 12.2. The van der Waals surface area contributed by atoms with Gasteiger partial charge in [0.05, 0.1) is 7.11 Å². The summed E-state index contributed by atoms with van der Waals surface area (Å²) < 4.78 is 6.53. The molecule has 0 radical (unpaired) electrons. The van der Waals surface area contributed by atoms with Gasteiger partial charge in [0.25, 0.3) is 0 Å². The van der Waals surface area contributed by atoms with Crippen molar-refractivity contribution >= 4 is 21.7 Å². The molecule has 25 heavy (non-hydrogen) atoms. The topological polar surface area (TPSA) is 26.3 Å². The Kier molecular flexibility index (Phi) is 5.67. The standard InChI is InChI=1S/C22H19BrO2/c1-25-22-13-12-18(23)14-20(22)19(16-8-4-2-5-9-16)15-21(24)17-10-6-3-7-11-17/h2-14,19H,15H2,1H3/t19-/m1/s1. The Morgan fingerprint density at radius 1 is 0.960 bits per heavy atom. The predicted molar refractivity (Wildman–Crippen MR) is 104 cm³/mol. The number of hydrogen-bond donors (Lipinski definition) is 0. The highest BCUT2D eigenvalue weighted by atomic mass is 79.9. The molecule has 0 aliphatic carbocycles. The minimum Gasteiger partial charge on any atom is -0.496 e. The molecule has 0 heterocycles. The van der Waals surface area contributed by atoms with Crippen molar-refractivity contribution in [1.29, 1.82) is 0 Å². The fraction of sp³-hybridized carbons (Fsp3) is 0.136. The number of carbonyl (C=O) groups is 1. The summed E-state index contributed by atoms with van der Waals surface area (Å²) in [4.78, 5) is 12.8. The zero-order chi connectivity index (χ0) is 17.6. The Morgan fingerprint density at radius 2 is 1.60 bits per heavy atom. The van der Waals surface area contributed by atoms with Crippen LogP contribution in [0.4, 0.5) is 0 Å². The van der Waals surface area contributed by atoms with Gasteiger partial charge in [-0.05, 0) is 23.8 Å². The summed E-state index contributed by atoms with van der Waals surface area (Å²) in [5, 5.41) is 0. The van der Waals surface area contributed by atoms with Crippen molar-refractivity contribution < 1.29 is 9.53 Å². The average Bonchev–Trinajstić information content (AvgIpc) is 2.67. The maximum Gasteiger partial charge on any atom is 0.163 e. The Balaban J connectivity index is 2.02. The van der Waals surface area contributed by atoms with Crippen molar-refractivity contribution in [3.05, 3.63) is 100 Å². The lowest BCUT2D eigenvalue weighted by molar-refractivity contribution is 0.0977. The number of halogens is 1. The van der Waals surface area contributed by atoms with Crippen molar-refractivity contribution in [3.63, 3.8) is 0 Å². The Bertz CT molecular complexity index is 844. The van der Waals surface area contributed by atoms with Gasteiger partial charge in [-0.25, -0.2) is 0 Å². The zero-order valence-electron chi connectivity index (χ0n) is 14.0. The highest BCUT2D eigenvalue weighted by Crippen LogP contribution is 2.37. The van der Waals surface area contributed by atoms with Gasteiger partial charge >= 0.3 is 0 Å². The number of hydrogen-bond acceptors (Lipinski definition) is 2. The summed E-state index contributed by atoms with van der Waals surface area (Å²) in [6.45, 7) is 0. The second-order valence-corrected chi connectivity index (χ2v) is 6.76. The molecule has 0 saturated heterocycles. The fourth-order valence-electron chi connectivity index (χ4n) is 3.00. The molecule has 0 unspecified atom stereocenters. The van der Waals surface area contributed by atoms with E-state index in [0.717, 1.165) is 26.9 Å². The lowest BCUT2D eigenvalue weighted by Gasteiger charge is -2.20. The molecule has 1 atom stereocenters. The molecule has 2 nitrogen and oxygen atoms in total. The van der Waals surface area contributed by atoms with Gasteiger partial charge in [0.1, 0.15) is 5.75 Å². The van der Waals surface area contributed by atoms with Crippen molar-refractivity contribution in [2.45, 2.75) is 12.3 Å². The number of ether oxygens (including phenoxy) is 1. The van der Waals surface area contributed by atoms with Gasteiger partial charge in [-0.3, -0.25) is 4.79 Å². The molecule has 0 N–H and O–H groups in total. The number of methoxy groups -OCH3 is 1. The summed E-state index contributed by atoms with van der Waals surface area (Å²) in [7, 11) is 1.66. The van der Waals surface area contributed by atoms with Gasteiger partial charge in [0, 0.05) is 27.9 Å². The monoisotopic (exact) mass is 394 g/mol. The average molecular weight is 395 g/mol. The van der Waals surface area contributed by atoms with Crippen molar-refractivity contribution in [2.24, 2.45) is 0 Å². The molecule has 0 amide bonds. The van der Waals surface area contributed by atoms with Crippen LogP contribution in [0.5, 0.6) is 5.75 Å². The van der Waals surface area contributed by atoms with E-state index in [0.29, 0.717) is 6.42 Å². The van der Waals surface area contributed by atoms with Crippen LogP contribution in [-0.2, 0) is 0 Å². The lowest BCUT2D eigenvalue weighted by atomic mass is 9.85. The summed E-state index contributed by atoms with van der Waals surface area (Å²) in [5.74, 6) is 0.843. The molecule has 0 aromatic heterocycles. The summed E-state index contributed by atoms with van der Waals surface area (Å²) in [6.07, 6.45) is 0.390. The van der Waals surface area contributed by atoms with Crippen LogP contribution in [0.1, 0.15) is 33.8 Å². The van der Waals surface area contributed by atoms with Gasteiger partial charge in [0.2, 0.25) is 0 Å². The van der Waals surface area contributed by atoms with E-state index in [1.54, 1.807) is 7.11 Å². The summed E-state index contributed by atoms with van der Waals surface area (Å²) in [6, 6.07) is 25.5. The van der Waals surface area contributed by atoms with Gasteiger partial charge in [-0.2, -0.15) is 0 Å². The Morgan fingerprint density at radius 3 is 2.24 bits per heavy atom. The molecule has 0 spiro atoms. The smallest absolute Gasteiger partial charge is 0.163 e. The highest BCUT2D eigenvalue weighted by Gasteiger charge is 2.22. The highest BCUT2D eigenvalue weighted by molar-refractivity contribution is 9.10. The van der Waals surface area contributed by atoms with Crippen LogP contribution in [-0.4, -0.2) is 12.9 Å². The van der Waals surface area contributed by atoms with E-state index >= 15 is 0 Å². The molecule has 0 fully saturated rings. The largest absolute Gasteiger partial charge is 0.496 e. The number of ketones is 1. The number of carbonyl (C=O) groups excluding carboxylic acids is 1. The molecular formula is C22H19BrO2. The minimum atomic E-state index is -0.0682. The van der Waals surface area contributed by atoms with E-state index in [1.807, 2.05) is 66.7 Å². The lowest BCUT2D eigenvalue weighted by Crippen LogP contribution is -2.10. The molecule has 0 aliphatic heterocycles. The van der Waals surface area contributed by atoms with Crippen molar-refractivity contribution in [1.82, 2.24) is 0 Å². The second kappa shape index (κ2) is 8.13. The number of benzene rings is 3. The molecule has 3 rings (SSSR count). The second-order valence-electron chi connectivity index (χ2n) is 5.84. The molecule has 3 heteroatoms. The van der Waals surface area contributed by atoms with Gasteiger partial charge in [-0.1, -0.05) is 76.6 Å². The third kappa shape index (κ3) is 4.18. The van der Waals surface area contributed by atoms with Crippen molar-refractivity contribution in [3.8, 4) is 5.75 Å². The van der Waals surface area contributed by atoms with E-state index in [9.17, 15) is 4.79 Å². The van der Waals surface area contributed by atoms with Crippen LogP contribution < -0.4 is 4.74 Å². The molecule has 0 saturated carbocycles. The first kappa shape index (κ1) is 17.4. The number of rotatable bonds is 6. The van der Waals surface area contributed by atoms with Crippen molar-refractivity contribution in [2.75, 3.05) is 7.11 Å². The van der Waals surface area contributed by atoms with Crippen LogP contribution in [0, 0.1) is 0 Å². The van der Waals surface area contributed by atoms with Crippen LogP contribution >= 0.6 is 15.9 Å². The van der Waals surface area contributed by atoms with Gasteiger partial charge < -0.3 is 4.74 Å². The van der Waals surface area contributed by atoms with Crippen LogP contribution in [0.15, 0.2) is 83.3 Å². The molecule has 3 aromatic rings. The van der Waals surface area contributed by atoms with E-state index in [2.05, 4.69) is 28.1 Å². The molecule has 3 aromatic carbocycles. The normalized spacial score (nSPS) is 11.8. The molecule has 0 aliphatic rings. The van der Waals surface area contributed by atoms with E-state index < -0.39 is 0 Å². The van der Waals surface area contributed by atoms with Crippen LogP contribution in [0.2, 0.25) is 0 Å². The fourth-order valence-corrected chi connectivity index (χ4v) is 3.38. The predicted octanol–water partition coefficient (Wildman–Crippen LogP) is 5.86. The molecular weight excluding hydrogens is 376 g/mol. The molecule has 0 bridgehead atoms. The zero-order valence-corrected chi connectivity index (χ0v) is 15.6. The molecule has 126 valence electrons. The Hall–Kier alpha value is -2.39. The first-order valence-corrected chi connectivity index (χ1v) is 8.95. The van der Waals surface area contributed by atoms with E-state index in [1.165, 1.54) is 0 Å². The quantitative estimate of drug-likeness (QED) is 0.489. The Labute approximate surface area is 156 Å². The van der Waals surface area contributed by atoms with Gasteiger partial charge in [-0.15, -0.1) is 0 Å². The summed E-state index contributed by atoms with van der Waals surface area (Å²) in [5.41, 5.74) is 2.84. The van der Waals surface area contributed by atoms with E-state index in [-0.39, 0.29) is 11.7 Å². The van der Waals surface area contributed by atoms with Crippen LogP contribution in [0.3, 0.4) is 0 Å². The maximum absolute atomic E-state index is 12.8. The van der Waals surface area contributed by atoms with Crippen LogP contribution in [0.25, 0.3) is 0 Å². The maximum atomic E-state index is 12.8.